The quantitative estimate of drug-likeness (QED) is 0.292. The fourth-order valence-corrected chi connectivity index (χ4v) is 4.27. The van der Waals surface area contributed by atoms with Crippen LogP contribution in [0.3, 0.4) is 0 Å². The number of aromatic nitrogens is 6. The molecule has 6 rings (SSSR count). The number of anilines is 1. The lowest BCUT2D eigenvalue weighted by atomic mass is 10.0. The summed E-state index contributed by atoms with van der Waals surface area (Å²) in [6.07, 6.45) is 8.81. The molecule has 0 saturated carbocycles. The van der Waals surface area contributed by atoms with E-state index in [1.165, 1.54) is 0 Å². The van der Waals surface area contributed by atoms with Crippen LogP contribution in [0, 0.1) is 5.92 Å². The fourth-order valence-electron chi connectivity index (χ4n) is 4.27. The summed E-state index contributed by atoms with van der Waals surface area (Å²) in [6.45, 7) is 3.72. The van der Waals surface area contributed by atoms with Crippen molar-refractivity contribution in [3.05, 3.63) is 79.5 Å². The van der Waals surface area contributed by atoms with E-state index in [2.05, 4.69) is 47.6 Å². The first kappa shape index (κ1) is 21.7. The molecule has 5 aromatic heterocycles. The third kappa shape index (κ3) is 3.88. The number of hydrogen-bond acceptors (Lipinski definition) is 5. The highest BCUT2D eigenvalue weighted by atomic mass is 16.1. The first-order chi connectivity index (χ1) is 17.6. The normalized spacial score (nSPS) is 11.4. The van der Waals surface area contributed by atoms with Crippen LogP contribution >= 0.6 is 0 Å². The van der Waals surface area contributed by atoms with E-state index in [4.69, 9.17) is 0 Å². The van der Waals surface area contributed by atoms with Gasteiger partial charge in [-0.2, -0.15) is 5.10 Å². The molecule has 5 heterocycles. The topological polar surface area (TPSA) is 112 Å². The SMILES string of the molecule is CC(C)C(=O)Nc1cncc(-c2ccc3[nH]nc(-c4cc5c(-c6cccnc6)nccc5[nH]4)c3c2)c1. The van der Waals surface area contributed by atoms with Gasteiger partial charge in [-0.25, -0.2) is 0 Å². The zero-order valence-corrected chi connectivity index (χ0v) is 19.8. The van der Waals surface area contributed by atoms with Crippen LogP contribution in [-0.2, 0) is 4.79 Å². The van der Waals surface area contributed by atoms with Crippen molar-refractivity contribution >= 4 is 33.4 Å². The van der Waals surface area contributed by atoms with Crippen LogP contribution in [-0.4, -0.2) is 36.0 Å². The average Bonchev–Trinajstić information content (AvgIpc) is 3.53. The number of nitrogens with one attached hydrogen (secondary N) is 3. The van der Waals surface area contributed by atoms with E-state index in [0.717, 1.165) is 55.6 Å². The second-order valence-corrected chi connectivity index (χ2v) is 8.98. The number of rotatable bonds is 5. The Balaban J connectivity index is 1.41. The molecular formula is C28H23N7O. The number of carbonyl (C=O) groups excluding carboxylic acids is 1. The molecule has 36 heavy (non-hydrogen) atoms. The van der Waals surface area contributed by atoms with Gasteiger partial charge >= 0.3 is 0 Å². The lowest BCUT2D eigenvalue weighted by Gasteiger charge is -2.09. The molecule has 8 heteroatoms. The molecule has 0 aliphatic heterocycles. The predicted molar refractivity (Wildman–Crippen MR) is 141 cm³/mol. The Morgan fingerprint density at radius 2 is 1.69 bits per heavy atom. The number of amides is 1. The van der Waals surface area contributed by atoms with Gasteiger partial charge in [-0.15, -0.1) is 0 Å². The highest BCUT2D eigenvalue weighted by Gasteiger charge is 2.15. The van der Waals surface area contributed by atoms with E-state index in [1.807, 2.05) is 56.4 Å². The molecule has 1 amide bonds. The molecule has 0 fully saturated rings. The monoisotopic (exact) mass is 473 g/mol. The Labute approximate surface area is 206 Å². The second kappa shape index (κ2) is 8.74. The van der Waals surface area contributed by atoms with Gasteiger partial charge in [0.05, 0.1) is 28.8 Å². The maximum atomic E-state index is 12.1. The van der Waals surface area contributed by atoms with E-state index in [-0.39, 0.29) is 11.8 Å². The third-order valence-electron chi connectivity index (χ3n) is 6.16. The summed E-state index contributed by atoms with van der Waals surface area (Å²) >= 11 is 0. The predicted octanol–water partition coefficient (Wildman–Crippen LogP) is 5.82. The minimum Gasteiger partial charge on any atom is -0.353 e. The van der Waals surface area contributed by atoms with Crippen molar-refractivity contribution in [3.63, 3.8) is 0 Å². The molecule has 0 saturated heterocycles. The van der Waals surface area contributed by atoms with Crippen LogP contribution in [0.5, 0.6) is 0 Å². The summed E-state index contributed by atoms with van der Waals surface area (Å²) in [5.74, 6) is -0.149. The summed E-state index contributed by atoms with van der Waals surface area (Å²) in [5.41, 5.74) is 8.00. The molecule has 176 valence electrons. The molecule has 0 aliphatic carbocycles. The van der Waals surface area contributed by atoms with Crippen LogP contribution in [0.2, 0.25) is 0 Å². The molecule has 0 atom stereocenters. The molecule has 0 radical (unpaired) electrons. The van der Waals surface area contributed by atoms with Gasteiger partial charge in [-0.1, -0.05) is 19.9 Å². The number of fused-ring (bicyclic) bond motifs is 2. The lowest BCUT2D eigenvalue weighted by molar-refractivity contribution is -0.118. The zero-order valence-electron chi connectivity index (χ0n) is 19.8. The Hall–Kier alpha value is -4.85. The summed E-state index contributed by atoms with van der Waals surface area (Å²) in [4.78, 5) is 28.8. The first-order valence-electron chi connectivity index (χ1n) is 11.7. The van der Waals surface area contributed by atoms with E-state index in [9.17, 15) is 4.79 Å². The van der Waals surface area contributed by atoms with Gasteiger partial charge in [0.2, 0.25) is 5.91 Å². The Bertz CT molecular complexity index is 1720. The van der Waals surface area contributed by atoms with Crippen LogP contribution < -0.4 is 5.32 Å². The van der Waals surface area contributed by atoms with Gasteiger partial charge < -0.3 is 10.3 Å². The summed E-state index contributed by atoms with van der Waals surface area (Å²) in [7, 11) is 0. The maximum absolute atomic E-state index is 12.1. The van der Waals surface area contributed by atoms with Crippen molar-refractivity contribution in [2.75, 3.05) is 5.32 Å². The van der Waals surface area contributed by atoms with Gasteiger partial charge in [-0.05, 0) is 48.0 Å². The minimum atomic E-state index is -0.108. The number of H-pyrrole nitrogens is 2. The molecule has 3 N–H and O–H groups in total. The Morgan fingerprint density at radius 3 is 2.53 bits per heavy atom. The standard InChI is InChI=1S/C28H23N7O/c1-16(2)28(36)32-20-10-19(14-30-15-20)17-5-6-24-21(11-17)27(35-34-24)25-12-22-23(33-25)7-9-31-26(22)18-4-3-8-29-13-18/h3-16,33H,1-2H3,(H,32,36)(H,34,35). The minimum absolute atomic E-state index is 0.0412. The van der Waals surface area contributed by atoms with Gasteiger partial charge in [0.1, 0.15) is 5.69 Å². The largest absolute Gasteiger partial charge is 0.353 e. The van der Waals surface area contributed by atoms with Crippen molar-refractivity contribution in [1.82, 2.24) is 30.1 Å². The zero-order chi connectivity index (χ0) is 24.6. The molecule has 0 aliphatic rings. The highest BCUT2D eigenvalue weighted by Crippen LogP contribution is 2.34. The molecule has 0 bridgehead atoms. The van der Waals surface area contributed by atoms with Crippen molar-refractivity contribution < 1.29 is 4.79 Å². The number of benzene rings is 1. The first-order valence-corrected chi connectivity index (χ1v) is 11.7. The van der Waals surface area contributed by atoms with Gasteiger partial charge in [0, 0.05) is 58.1 Å². The molecule has 0 spiro atoms. The molecule has 6 aromatic rings. The second-order valence-electron chi connectivity index (χ2n) is 8.98. The number of carbonyl (C=O) groups is 1. The number of aromatic amines is 2. The molecule has 0 unspecified atom stereocenters. The average molecular weight is 474 g/mol. The molecular weight excluding hydrogens is 450 g/mol. The van der Waals surface area contributed by atoms with E-state index < -0.39 is 0 Å². The van der Waals surface area contributed by atoms with E-state index in [0.29, 0.717) is 5.69 Å². The fraction of sp³-hybridized carbons (Fsp3) is 0.107. The smallest absolute Gasteiger partial charge is 0.226 e. The van der Waals surface area contributed by atoms with Crippen molar-refractivity contribution in [2.45, 2.75) is 13.8 Å². The lowest BCUT2D eigenvalue weighted by Crippen LogP contribution is -2.17. The highest BCUT2D eigenvalue weighted by molar-refractivity contribution is 6.01. The van der Waals surface area contributed by atoms with Crippen LogP contribution in [0.25, 0.3) is 55.6 Å². The number of pyridine rings is 3. The summed E-state index contributed by atoms with van der Waals surface area (Å²) < 4.78 is 0. The Morgan fingerprint density at radius 1 is 0.833 bits per heavy atom. The summed E-state index contributed by atoms with van der Waals surface area (Å²) in [6, 6.07) is 16.0. The molecule has 8 nitrogen and oxygen atoms in total. The van der Waals surface area contributed by atoms with Crippen molar-refractivity contribution in [2.24, 2.45) is 5.92 Å². The van der Waals surface area contributed by atoms with Gasteiger partial charge in [0.25, 0.3) is 0 Å². The van der Waals surface area contributed by atoms with E-state index >= 15 is 0 Å². The third-order valence-corrected chi connectivity index (χ3v) is 6.16. The Kier molecular flexibility index (Phi) is 5.26. The molecule has 1 aromatic carbocycles. The van der Waals surface area contributed by atoms with Gasteiger partial charge in [0.15, 0.2) is 0 Å². The van der Waals surface area contributed by atoms with Crippen molar-refractivity contribution in [1.29, 1.82) is 0 Å². The van der Waals surface area contributed by atoms with Crippen molar-refractivity contribution in [3.8, 4) is 33.8 Å². The maximum Gasteiger partial charge on any atom is 0.226 e. The number of hydrogen-bond donors (Lipinski definition) is 3. The van der Waals surface area contributed by atoms with Crippen LogP contribution in [0.1, 0.15) is 13.8 Å². The summed E-state index contributed by atoms with van der Waals surface area (Å²) in [5, 5.41) is 12.7. The van der Waals surface area contributed by atoms with Crippen LogP contribution in [0.4, 0.5) is 5.69 Å². The van der Waals surface area contributed by atoms with E-state index in [1.54, 1.807) is 24.8 Å². The van der Waals surface area contributed by atoms with Crippen LogP contribution in [0.15, 0.2) is 79.5 Å². The van der Waals surface area contributed by atoms with Gasteiger partial charge in [-0.3, -0.25) is 24.8 Å². The number of nitrogens with zero attached hydrogens (tertiary/aromatic N) is 4.